The second kappa shape index (κ2) is 7.07. The standard InChI is InChI=1S/C15H23N3O4S2/c1-2-13-16-7-15(23-13)24(21,22)17-11-5-12(6-11)18(9-14(19)20)8-10-3-4-10/h7,10-12,17H,2-6,8-9H2,1H3,(H,19,20). The van der Waals surface area contributed by atoms with E-state index in [1.807, 2.05) is 11.8 Å². The fourth-order valence-corrected chi connectivity index (χ4v) is 5.39. The molecule has 2 fully saturated rings. The average molecular weight is 374 g/mol. The Morgan fingerprint density at radius 2 is 2.17 bits per heavy atom. The largest absolute Gasteiger partial charge is 0.480 e. The van der Waals surface area contributed by atoms with Crippen LogP contribution in [0.4, 0.5) is 0 Å². The van der Waals surface area contributed by atoms with Crippen LogP contribution in [0.2, 0.25) is 0 Å². The van der Waals surface area contributed by atoms with Gasteiger partial charge >= 0.3 is 5.97 Å². The van der Waals surface area contributed by atoms with Crippen LogP contribution in [-0.2, 0) is 21.2 Å². The number of hydrogen-bond acceptors (Lipinski definition) is 6. The van der Waals surface area contributed by atoms with Crippen LogP contribution in [0.1, 0.15) is 37.6 Å². The second-order valence-electron chi connectivity index (χ2n) is 6.64. The molecule has 0 spiro atoms. The molecular weight excluding hydrogens is 350 g/mol. The van der Waals surface area contributed by atoms with Crippen molar-refractivity contribution in [2.45, 2.75) is 55.3 Å². The van der Waals surface area contributed by atoms with Crippen LogP contribution in [0, 0.1) is 5.92 Å². The number of sulfonamides is 1. The molecule has 0 atom stereocenters. The van der Waals surface area contributed by atoms with Crippen LogP contribution in [0.15, 0.2) is 10.4 Å². The van der Waals surface area contributed by atoms with Gasteiger partial charge in [0.2, 0.25) is 0 Å². The summed E-state index contributed by atoms with van der Waals surface area (Å²) in [6.45, 7) is 2.79. The summed E-state index contributed by atoms with van der Waals surface area (Å²) in [6, 6.07) is 0.0322. The number of carboxylic acid groups (broad SMARTS) is 1. The zero-order valence-electron chi connectivity index (χ0n) is 13.6. The van der Waals surface area contributed by atoms with Crippen LogP contribution in [-0.4, -0.2) is 54.6 Å². The molecule has 0 radical (unpaired) electrons. The number of nitrogens with one attached hydrogen (secondary N) is 1. The maximum atomic E-state index is 12.4. The highest BCUT2D eigenvalue weighted by molar-refractivity contribution is 7.91. The molecule has 1 aromatic heterocycles. The van der Waals surface area contributed by atoms with Crippen LogP contribution in [0.25, 0.3) is 0 Å². The van der Waals surface area contributed by atoms with Gasteiger partial charge in [-0.2, -0.15) is 0 Å². The molecule has 0 bridgehead atoms. The van der Waals surface area contributed by atoms with Gasteiger partial charge in [-0.15, -0.1) is 11.3 Å². The van der Waals surface area contributed by atoms with E-state index in [1.165, 1.54) is 30.4 Å². The molecule has 24 heavy (non-hydrogen) atoms. The van der Waals surface area contributed by atoms with Gasteiger partial charge in [-0.1, -0.05) is 6.92 Å². The molecule has 7 nitrogen and oxygen atoms in total. The average Bonchev–Trinajstić information content (AvgIpc) is 3.13. The third-order valence-electron chi connectivity index (χ3n) is 4.58. The normalized spacial score (nSPS) is 24.1. The molecule has 2 N–H and O–H groups in total. The smallest absolute Gasteiger partial charge is 0.317 e. The topological polar surface area (TPSA) is 99.6 Å². The van der Waals surface area contributed by atoms with Crippen molar-refractivity contribution in [3.8, 4) is 0 Å². The van der Waals surface area contributed by atoms with Crippen molar-refractivity contribution >= 4 is 27.3 Å². The van der Waals surface area contributed by atoms with Gasteiger partial charge in [0, 0.05) is 18.6 Å². The molecular formula is C15H23N3O4S2. The Kier molecular flexibility index (Phi) is 5.24. The van der Waals surface area contributed by atoms with Crippen molar-refractivity contribution in [1.29, 1.82) is 0 Å². The van der Waals surface area contributed by atoms with Crippen molar-refractivity contribution in [2.75, 3.05) is 13.1 Å². The lowest BCUT2D eigenvalue weighted by molar-refractivity contribution is -0.139. The number of carbonyl (C=O) groups is 1. The van der Waals surface area contributed by atoms with Crippen molar-refractivity contribution in [3.63, 3.8) is 0 Å². The highest BCUT2D eigenvalue weighted by atomic mass is 32.2. The number of carboxylic acids is 1. The first-order valence-corrected chi connectivity index (χ1v) is 10.6. The SMILES string of the molecule is CCc1ncc(S(=O)(=O)NC2CC(N(CC(=O)O)CC3CC3)C2)s1. The molecule has 2 aliphatic carbocycles. The summed E-state index contributed by atoms with van der Waals surface area (Å²) < 4.78 is 27.7. The summed E-state index contributed by atoms with van der Waals surface area (Å²) in [4.78, 5) is 17.1. The van der Waals surface area contributed by atoms with Crippen molar-refractivity contribution in [1.82, 2.24) is 14.6 Å². The molecule has 0 unspecified atom stereocenters. The summed E-state index contributed by atoms with van der Waals surface area (Å²) in [5, 5.41) is 9.86. The molecule has 0 aromatic carbocycles. The molecule has 9 heteroatoms. The maximum absolute atomic E-state index is 12.4. The summed E-state index contributed by atoms with van der Waals surface area (Å²) >= 11 is 1.20. The number of aryl methyl sites for hydroxylation is 1. The summed E-state index contributed by atoms with van der Waals surface area (Å²) in [7, 11) is -3.52. The first-order valence-electron chi connectivity index (χ1n) is 8.30. The highest BCUT2D eigenvalue weighted by Crippen LogP contribution is 2.34. The van der Waals surface area contributed by atoms with E-state index in [4.69, 9.17) is 5.11 Å². The summed E-state index contributed by atoms with van der Waals surface area (Å²) in [5.74, 6) is -0.207. The molecule has 3 rings (SSSR count). The van der Waals surface area contributed by atoms with Crippen molar-refractivity contribution in [2.24, 2.45) is 5.92 Å². The number of thiazole rings is 1. The fourth-order valence-electron chi connectivity index (χ4n) is 2.99. The van der Waals surface area contributed by atoms with Crippen LogP contribution < -0.4 is 4.72 Å². The van der Waals surface area contributed by atoms with E-state index in [0.717, 1.165) is 18.0 Å². The van der Waals surface area contributed by atoms with E-state index in [-0.39, 0.29) is 22.8 Å². The number of aliphatic carboxylic acids is 1. The zero-order valence-corrected chi connectivity index (χ0v) is 15.3. The van der Waals surface area contributed by atoms with E-state index >= 15 is 0 Å². The van der Waals surface area contributed by atoms with Crippen LogP contribution >= 0.6 is 11.3 Å². The second-order valence-corrected chi connectivity index (χ2v) is 9.69. The van der Waals surface area contributed by atoms with Crippen molar-refractivity contribution < 1.29 is 18.3 Å². The molecule has 0 saturated heterocycles. The van der Waals surface area contributed by atoms with Gasteiger partial charge in [0.25, 0.3) is 10.0 Å². The Bertz CT molecular complexity index is 693. The predicted molar refractivity (Wildman–Crippen MR) is 90.6 cm³/mol. The summed E-state index contributed by atoms with van der Waals surface area (Å²) in [6.07, 6.45) is 5.80. The van der Waals surface area contributed by atoms with Gasteiger partial charge in [-0.25, -0.2) is 18.1 Å². The third-order valence-corrected chi connectivity index (χ3v) is 7.70. The first kappa shape index (κ1) is 17.8. The lowest BCUT2D eigenvalue weighted by atomic mass is 9.86. The van der Waals surface area contributed by atoms with Gasteiger partial charge in [-0.3, -0.25) is 9.69 Å². The third kappa shape index (κ3) is 4.33. The van der Waals surface area contributed by atoms with Gasteiger partial charge in [0.1, 0.15) is 0 Å². The number of hydrogen-bond donors (Lipinski definition) is 2. The number of aromatic nitrogens is 1. The molecule has 0 aliphatic heterocycles. The highest BCUT2D eigenvalue weighted by Gasteiger charge is 2.39. The zero-order chi connectivity index (χ0) is 17.3. The molecule has 0 amide bonds. The molecule has 134 valence electrons. The van der Waals surface area contributed by atoms with Gasteiger partial charge in [-0.05, 0) is 38.0 Å². The minimum atomic E-state index is -3.52. The Morgan fingerprint density at radius 1 is 1.46 bits per heavy atom. The predicted octanol–water partition coefficient (Wildman–Crippen LogP) is 1.31. The van der Waals surface area contributed by atoms with Gasteiger partial charge in [0.15, 0.2) is 4.21 Å². The lowest BCUT2D eigenvalue weighted by Crippen LogP contribution is -2.55. The Morgan fingerprint density at radius 3 is 2.71 bits per heavy atom. The molecule has 1 heterocycles. The number of rotatable bonds is 9. The van der Waals surface area contributed by atoms with Crippen molar-refractivity contribution in [3.05, 3.63) is 11.2 Å². The van der Waals surface area contributed by atoms with Crippen LogP contribution in [0.3, 0.4) is 0 Å². The minimum Gasteiger partial charge on any atom is -0.480 e. The van der Waals surface area contributed by atoms with E-state index in [0.29, 0.717) is 18.8 Å². The minimum absolute atomic E-state index is 0.0370. The van der Waals surface area contributed by atoms with Crippen LogP contribution in [0.5, 0.6) is 0 Å². The van der Waals surface area contributed by atoms with E-state index in [9.17, 15) is 13.2 Å². The van der Waals surface area contributed by atoms with E-state index in [2.05, 4.69) is 9.71 Å². The molecule has 2 aliphatic rings. The monoisotopic (exact) mass is 373 g/mol. The summed E-state index contributed by atoms with van der Waals surface area (Å²) in [5.41, 5.74) is 0. The fraction of sp³-hybridized carbons (Fsp3) is 0.733. The first-order chi connectivity index (χ1) is 11.4. The molecule has 2 saturated carbocycles. The Labute approximate surface area is 146 Å². The van der Waals surface area contributed by atoms with E-state index < -0.39 is 16.0 Å². The lowest BCUT2D eigenvalue weighted by Gasteiger charge is -2.42. The molecule has 1 aromatic rings. The Balaban J connectivity index is 1.54. The van der Waals surface area contributed by atoms with Gasteiger partial charge in [0.05, 0.1) is 17.7 Å². The Hall–Kier alpha value is -1.03. The quantitative estimate of drug-likeness (QED) is 0.677. The number of nitrogens with zero attached hydrogens (tertiary/aromatic N) is 2. The van der Waals surface area contributed by atoms with Gasteiger partial charge < -0.3 is 5.11 Å². The maximum Gasteiger partial charge on any atom is 0.317 e. The van der Waals surface area contributed by atoms with E-state index in [1.54, 1.807) is 0 Å².